The van der Waals surface area contributed by atoms with E-state index in [1.54, 1.807) is 45.0 Å². The van der Waals surface area contributed by atoms with E-state index in [2.05, 4.69) is 20.8 Å². The van der Waals surface area contributed by atoms with Crippen LogP contribution in [-0.2, 0) is 33.8 Å². The first-order chi connectivity index (χ1) is 22.2. The number of esters is 2. The molecule has 2 aromatic heterocycles. The highest BCUT2D eigenvalue weighted by atomic mass is 32.2. The molecule has 2 heterocycles. The van der Waals surface area contributed by atoms with Crippen LogP contribution in [0.5, 0.6) is 5.75 Å². The first-order valence-corrected chi connectivity index (χ1v) is 16.3. The van der Waals surface area contributed by atoms with E-state index in [1.807, 2.05) is 34.9 Å². The van der Waals surface area contributed by atoms with Gasteiger partial charge in [-0.25, -0.2) is 9.59 Å². The lowest BCUT2D eigenvalue weighted by Gasteiger charge is -2.12. The molecule has 0 radical (unpaired) electrons. The van der Waals surface area contributed by atoms with Gasteiger partial charge in [0.05, 0.1) is 38.2 Å². The lowest BCUT2D eigenvalue weighted by Crippen LogP contribution is -2.25. The number of aryl methyl sites for hydroxylation is 1. The van der Waals surface area contributed by atoms with Gasteiger partial charge in [-0.3, -0.25) is 9.59 Å². The fourth-order valence-electron chi connectivity index (χ4n) is 4.43. The molecule has 46 heavy (non-hydrogen) atoms. The predicted molar refractivity (Wildman–Crippen MR) is 175 cm³/mol. The van der Waals surface area contributed by atoms with Crippen molar-refractivity contribution in [1.82, 2.24) is 20.1 Å². The fraction of sp³-hybridized carbons (Fsp3) is 0.312. The average Bonchev–Trinajstić information content (AvgIpc) is 3.61. The van der Waals surface area contributed by atoms with Crippen molar-refractivity contribution in [2.75, 3.05) is 31.4 Å². The Morgan fingerprint density at radius 2 is 1.70 bits per heavy atom. The summed E-state index contributed by atoms with van der Waals surface area (Å²) < 4.78 is 17.4. The third-order valence-corrected chi connectivity index (χ3v) is 8.83. The van der Waals surface area contributed by atoms with Crippen molar-refractivity contribution in [1.29, 1.82) is 0 Å². The second kappa shape index (κ2) is 16.6. The molecule has 2 amide bonds. The van der Waals surface area contributed by atoms with Crippen molar-refractivity contribution >= 4 is 51.9 Å². The molecular weight excluding hydrogens is 631 g/mol. The largest absolute Gasteiger partial charge is 0.497 e. The normalized spacial score (nSPS) is 10.7. The zero-order valence-corrected chi connectivity index (χ0v) is 27.6. The zero-order valence-electron chi connectivity index (χ0n) is 26.0. The number of carbonyl (C=O) groups is 4. The Hall–Kier alpha value is -4.69. The van der Waals surface area contributed by atoms with Gasteiger partial charge in [-0.05, 0) is 56.5 Å². The Kier molecular flexibility index (Phi) is 12.3. The van der Waals surface area contributed by atoms with E-state index in [-0.39, 0.29) is 46.9 Å². The summed E-state index contributed by atoms with van der Waals surface area (Å²) >= 11 is 2.12. The summed E-state index contributed by atoms with van der Waals surface area (Å²) in [6, 6.07) is 16.7. The van der Waals surface area contributed by atoms with Gasteiger partial charge in [0.1, 0.15) is 15.6 Å². The summed E-state index contributed by atoms with van der Waals surface area (Å²) in [4.78, 5) is 51.4. The Labute approximate surface area is 274 Å². The Balaban J connectivity index is 1.50. The average molecular weight is 666 g/mol. The molecule has 4 aromatic rings. The SMILES string of the molecule is CCOC(=O)c1sc(NC(=O)CSc2nnc(CNC(=O)c3cccc(OC)c3)n2CCc2ccccc2)c(C(=O)OCC)c1C. The number of hydrogen-bond acceptors (Lipinski definition) is 11. The molecular formula is C32H35N5O7S2. The summed E-state index contributed by atoms with van der Waals surface area (Å²) in [6.45, 7) is 5.89. The summed E-state index contributed by atoms with van der Waals surface area (Å²) in [5, 5.41) is 14.9. The van der Waals surface area contributed by atoms with Crippen molar-refractivity contribution in [3.05, 3.63) is 87.6 Å². The third kappa shape index (κ3) is 8.73. The number of anilines is 1. The first kappa shape index (κ1) is 34.2. The van der Waals surface area contributed by atoms with Gasteiger partial charge in [0, 0.05) is 12.1 Å². The van der Waals surface area contributed by atoms with Crippen LogP contribution in [0.2, 0.25) is 0 Å². The second-order valence-electron chi connectivity index (χ2n) is 9.74. The molecule has 0 aliphatic heterocycles. The Morgan fingerprint density at radius 3 is 2.41 bits per heavy atom. The van der Waals surface area contributed by atoms with Gasteiger partial charge in [0.15, 0.2) is 11.0 Å². The molecule has 0 aliphatic rings. The molecule has 0 saturated carbocycles. The first-order valence-electron chi connectivity index (χ1n) is 14.5. The van der Waals surface area contributed by atoms with E-state index in [9.17, 15) is 19.2 Å². The van der Waals surface area contributed by atoms with Crippen LogP contribution in [0.4, 0.5) is 5.00 Å². The number of methoxy groups -OCH3 is 1. The van der Waals surface area contributed by atoms with Crippen molar-refractivity contribution < 1.29 is 33.4 Å². The molecule has 4 rings (SSSR count). The van der Waals surface area contributed by atoms with Crippen LogP contribution in [-0.4, -0.2) is 64.6 Å². The van der Waals surface area contributed by atoms with Crippen LogP contribution in [0, 0.1) is 6.92 Å². The van der Waals surface area contributed by atoms with Crippen LogP contribution in [0.25, 0.3) is 0 Å². The van der Waals surface area contributed by atoms with Gasteiger partial charge >= 0.3 is 11.9 Å². The number of aromatic nitrogens is 3. The van der Waals surface area contributed by atoms with Crippen LogP contribution in [0.1, 0.15) is 61.2 Å². The number of thiophene rings is 1. The number of nitrogens with zero attached hydrogens (tertiary/aromatic N) is 3. The maximum atomic E-state index is 13.1. The number of benzene rings is 2. The van der Waals surface area contributed by atoms with Crippen LogP contribution in [0.3, 0.4) is 0 Å². The van der Waals surface area contributed by atoms with Crippen LogP contribution in [0.15, 0.2) is 59.8 Å². The van der Waals surface area contributed by atoms with Gasteiger partial charge in [-0.1, -0.05) is 48.2 Å². The molecule has 0 atom stereocenters. The molecule has 242 valence electrons. The summed E-state index contributed by atoms with van der Waals surface area (Å²) in [6.07, 6.45) is 0.670. The van der Waals surface area contributed by atoms with Gasteiger partial charge in [-0.15, -0.1) is 21.5 Å². The van der Waals surface area contributed by atoms with Gasteiger partial charge in [0.25, 0.3) is 5.91 Å². The lowest BCUT2D eigenvalue weighted by atomic mass is 10.1. The standard InChI is InChI=1S/C32H35N5O7S2/c1-5-43-30(40)26-20(3)27(31(41)44-6-2)46-29(26)34-25(38)19-45-32-36-35-24(37(32)16-15-21-11-8-7-9-12-21)18-33-28(39)22-13-10-14-23(17-22)42-4/h7-14,17H,5-6,15-16,18-19H2,1-4H3,(H,33,39)(H,34,38). The number of thioether (sulfide) groups is 1. The monoisotopic (exact) mass is 665 g/mol. The maximum Gasteiger partial charge on any atom is 0.348 e. The van der Waals surface area contributed by atoms with Crippen molar-refractivity contribution in [2.45, 2.75) is 45.4 Å². The third-order valence-electron chi connectivity index (χ3n) is 6.67. The minimum Gasteiger partial charge on any atom is -0.497 e. The number of ether oxygens (including phenoxy) is 3. The van der Waals surface area contributed by atoms with E-state index in [1.165, 1.54) is 7.11 Å². The van der Waals surface area contributed by atoms with Crippen LogP contribution >= 0.6 is 23.1 Å². The smallest absolute Gasteiger partial charge is 0.348 e. The molecule has 0 saturated heterocycles. The van der Waals surface area contributed by atoms with Crippen molar-refractivity contribution in [3.63, 3.8) is 0 Å². The molecule has 2 aromatic carbocycles. The maximum absolute atomic E-state index is 13.1. The van der Waals surface area contributed by atoms with Crippen molar-refractivity contribution in [2.24, 2.45) is 0 Å². The van der Waals surface area contributed by atoms with E-state index in [0.29, 0.717) is 40.8 Å². The number of amides is 2. The zero-order chi connectivity index (χ0) is 33.1. The Bertz CT molecular complexity index is 1690. The summed E-state index contributed by atoms with van der Waals surface area (Å²) in [5.74, 6) is -0.909. The van der Waals surface area contributed by atoms with Gasteiger partial charge in [-0.2, -0.15) is 0 Å². The molecule has 0 aliphatic carbocycles. The number of hydrogen-bond donors (Lipinski definition) is 2. The molecule has 0 fully saturated rings. The highest BCUT2D eigenvalue weighted by Gasteiger charge is 2.27. The summed E-state index contributed by atoms with van der Waals surface area (Å²) in [7, 11) is 1.53. The van der Waals surface area contributed by atoms with E-state index in [0.717, 1.165) is 28.7 Å². The highest BCUT2D eigenvalue weighted by molar-refractivity contribution is 7.99. The second-order valence-corrected chi connectivity index (χ2v) is 11.7. The summed E-state index contributed by atoms with van der Waals surface area (Å²) in [5.41, 5.74) is 2.05. The fourth-order valence-corrected chi connectivity index (χ4v) is 6.32. The molecule has 14 heteroatoms. The predicted octanol–water partition coefficient (Wildman–Crippen LogP) is 4.91. The molecule has 0 spiro atoms. The van der Waals surface area contributed by atoms with Crippen LogP contribution < -0.4 is 15.4 Å². The lowest BCUT2D eigenvalue weighted by molar-refractivity contribution is -0.113. The minimum absolute atomic E-state index is 0.0619. The number of nitrogens with one attached hydrogen (secondary N) is 2. The topological polar surface area (TPSA) is 151 Å². The van der Waals surface area contributed by atoms with Crippen molar-refractivity contribution in [3.8, 4) is 5.75 Å². The van der Waals surface area contributed by atoms with E-state index >= 15 is 0 Å². The quantitative estimate of drug-likeness (QED) is 0.132. The molecule has 12 nitrogen and oxygen atoms in total. The Morgan fingerprint density at radius 1 is 0.957 bits per heavy atom. The number of rotatable bonds is 15. The highest BCUT2D eigenvalue weighted by Crippen LogP contribution is 2.34. The van der Waals surface area contributed by atoms with E-state index in [4.69, 9.17) is 14.2 Å². The van der Waals surface area contributed by atoms with Gasteiger partial charge in [0.2, 0.25) is 5.91 Å². The molecule has 0 bridgehead atoms. The molecule has 2 N–H and O–H groups in total. The molecule has 0 unspecified atom stereocenters. The van der Waals surface area contributed by atoms with E-state index < -0.39 is 17.8 Å². The number of carbonyl (C=O) groups excluding carboxylic acids is 4. The minimum atomic E-state index is -0.643. The van der Waals surface area contributed by atoms with Gasteiger partial charge < -0.3 is 29.4 Å².